The van der Waals surface area contributed by atoms with Crippen molar-refractivity contribution in [3.8, 4) is 0 Å². The van der Waals surface area contributed by atoms with Crippen LogP contribution in [-0.2, 0) is 16.1 Å². The van der Waals surface area contributed by atoms with Crippen molar-refractivity contribution in [1.29, 1.82) is 0 Å². The number of hydrogen-bond donors (Lipinski definition) is 1. The minimum atomic E-state index is -0.215. The van der Waals surface area contributed by atoms with E-state index in [0.29, 0.717) is 26.1 Å². The van der Waals surface area contributed by atoms with E-state index in [-0.39, 0.29) is 17.7 Å². The van der Waals surface area contributed by atoms with Gasteiger partial charge in [0.25, 0.3) is 0 Å². The number of rotatable bonds is 4. The summed E-state index contributed by atoms with van der Waals surface area (Å²) in [5.41, 5.74) is 0. The summed E-state index contributed by atoms with van der Waals surface area (Å²) in [5, 5.41) is 2.69. The van der Waals surface area contributed by atoms with Gasteiger partial charge in [0, 0.05) is 24.4 Å². The van der Waals surface area contributed by atoms with Crippen LogP contribution in [0.25, 0.3) is 0 Å². The average Bonchev–Trinajstić information content (AvgIpc) is 2.94. The summed E-state index contributed by atoms with van der Waals surface area (Å²) in [6, 6.07) is 3.77. The fraction of sp³-hybridized carbons (Fsp3) is 0.500. The molecule has 1 N–H and O–H groups in total. The zero-order valence-corrected chi connectivity index (χ0v) is 11.7. The number of carbonyl (C=O) groups is 2. The lowest BCUT2D eigenvalue weighted by Crippen LogP contribution is -2.36. The summed E-state index contributed by atoms with van der Waals surface area (Å²) in [5.74, 6) is -0.211. The molecule has 6 heteroatoms. The van der Waals surface area contributed by atoms with Gasteiger partial charge in [-0.2, -0.15) is 0 Å². The van der Waals surface area contributed by atoms with Crippen LogP contribution in [0.3, 0.4) is 0 Å². The third-order valence-corrected chi connectivity index (χ3v) is 4.21. The molecule has 0 radical (unpaired) electrons. The van der Waals surface area contributed by atoms with E-state index in [1.54, 1.807) is 4.90 Å². The van der Waals surface area contributed by atoms with E-state index in [2.05, 4.69) is 5.32 Å². The van der Waals surface area contributed by atoms with Crippen LogP contribution in [0.5, 0.6) is 0 Å². The van der Waals surface area contributed by atoms with Crippen molar-refractivity contribution in [2.45, 2.75) is 19.9 Å². The Morgan fingerprint density at radius 2 is 2.39 bits per heavy atom. The molecule has 2 heterocycles. The molecule has 1 fully saturated rings. The Morgan fingerprint density at radius 3 is 2.89 bits per heavy atom. The van der Waals surface area contributed by atoms with Gasteiger partial charge in [0.1, 0.15) is 0 Å². The van der Waals surface area contributed by atoms with E-state index < -0.39 is 0 Å². The summed E-state index contributed by atoms with van der Waals surface area (Å²) in [6.45, 7) is 3.60. The normalized spacial score (nSPS) is 18.8. The van der Waals surface area contributed by atoms with E-state index in [0.717, 1.165) is 9.21 Å². The zero-order valence-electron chi connectivity index (χ0n) is 10.1. The van der Waals surface area contributed by atoms with Crippen LogP contribution >= 0.6 is 22.9 Å². The first kappa shape index (κ1) is 13.4. The molecular weight excluding hydrogens is 272 g/mol. The molecule has 0 aliphatic carbocycles. The Labute approximate surface area is 115 Å². The van der Waals surface area contributed by atoms with Gasteiger partial charge >= 0.3 is 0 Å². The smallest absolute Gasteiger partial charge is 0.228 e. The highest BCUT2D eigenvalue weighted by atomic mass is 35.5. The maximum Gasteiger partial charge on any atom is 0.228 e. The number of carbonyl (C=O) groups excluding carboxylic acids is 2. The Hall–Kier alpha value is -1.07. The molecular formula is C12H15ClN2O2S. The molecule has 1 aromatic heterocycles. The maximum atomic E-state index is 12.2. The molecule has 0 spiro atoms. The van der Waals surface area contributed by atoms with Crippen molar-refractivity contribution in [2.24, 2.45) is 5.92 Å². The van der Waals surface area contributed by atoms with Gasteiger partial charge in [-0.1, -0.05) is 11.6 Å². The van der Waals surface area contributed by atoms with Crippen molar-refractivity contribution in [2.75, 3.05) is 13.1 Å². The lowest BCUT2D eigenvalue weighted by Gasteiger charge is -2.22. The van der Waals surface area contributed by atoms with Crippen LogP contribution in [0.1, 0.15) is 18.2 Å². The van der Waals surface area contributed by atoms with Gasteiger partial charge < -0.3 is 10.2 Å². The second-order valence-corrected chi connectivity index (χ2v) is 6.06. The Balaban J connectivity index is 1.99. The lowest BCUT2D eigenvalue weighted by atomic mass is 10.1. The van der Waals surface area contributed by atoms with Crippen molar-refractivity contribution in [1.82, 2.24) is 10.2 Å². The lowest BCUT2D eigenvalue weighted by molar-refractivity contribution is -0.136. The van der Waals surface area contributed by atoms with E-state index in [1.807, 2.05) is 19.1 Å². The minimum absolute atomic E-state index is 0.0384. The third kappa shape index (κ3) is 3.03. The van der Waals surface area contributed by atoms with Gasteiger partial charge in [0.05, 0.1) is 16.8 Å². The van der Waals surface area contributed by atoms with Crippen molar-refractivity contribution >= 4 is 34.8 Å². The van der Waals surface area contributed by atoms with Gasteiger partial charge in [0.15, 0.2) is 0 Å². The van der Waals surface area contributed by atoms with Crippen LogP contribution in [-0.4, -0.2) is 29.8 Å². The number of nitrogens with zero attached hydrogens (tertiary/aromatic N) is 1. The third-order valence-electron chi connectivity index (χ3n) is 3.00. The second kappa shape index (κ2) is 5.71. The number of amides is 2. The number of nitrogens with one attached hydrogen (secondary N) is 1. The van der Waals surface area contributed by atoms with Crippen LogP contribution < -0.4 is 5.32 Å². The van der Waals surface area contributed by atoms with Gasteiger partial charge in [-0.3, -0.25) is 9.59 Å². The number of thiophene rings is 1. The van der Waals surface area contributed by atoms with Gasteiger partial charge in [-0.25, -0.2) is 0 Å². The molecule has 0 aromatic carbocycles. The van der Waals surface area contributed by atoms with Crippen molar-refractivity contribution in [3.63, 3.8) is 0 Å². The highest BCUT2D eigenvalue weighted by Crippen LogP contribution is 2.23. The standard InChI is InChI=1S/C12H15ClN2O2S/c1-2-15(7-9-3-4-10(13)18-9)12(17)8-5-11(16)14-6-8/h3-4,8H,2,5-7H2,1H3,(H,14,16). The molecule has 1 aromatic rings. The summed E-state index contributed by atoms with van der Waals surface area (Å²) >= 11 is 7.35. The highest BCUT2D eigenvalue weighted by Gasteiger charge is 2.30. The molecule has 1 saturated heterocycles. The van der Waals surface area contributed by atoms with Crippen molar-refractivity contribution < 1.29 is 9.59 Å². The summed E-state index contributed by atoms with van der Waals surface area (Å²) in [6.07, 6.45) is 0.306. The maximum absolute atomic E-state index is 12.2. The van der Waals surface area contributed by atoms with Gasteiger partial charge in [0.2, 0.25) is 11.8 Å². The first-order valence-electron chi connectivity index (χ1n) is 5.90. The van der Waals surface area contributed by atoms with Crippen LogP contribution in [0.2, 0.25) is 4.34 Å². The summed E-state index contributed by atoms with van der Waals surface area (Å²) in [7, 11) is 0. The quantitative estimate of drug-likeness (QED) is 0.919. The van der Waals surface area contributed by atoms with E-state index in [9.17, 15) is 9.59 Å². The van der Waals surface area contributed by atoms with Crippen LogP contribution in [0.15, 0.2) is 12.1 Å². The van der Waals surface area contributed by atoms with E-state index in [4.69, 9.17) is 11.6 Å². The summed E-state index contributed by atoms with van der Waals surface area (Å²) < 4.78 is 0.728. The minimum Gasteiger partial charge on any atom is -0.355 e. The molecule has 98 valence electrons. The Kier molecular flexibility index (Phi) is 4.24. The first-order valence-corrected chi connectivity index (χ1v) is 7.09. The molecule has 1 aliphatic rings. The molecule has 1 aliphatic heterocycles. The molecule has 2 rings (SSSR count). The predicted molar refractivity (Wildman–Crippen MR) is 71.5 cm³/mol. The molecule has 0 saturated carbocycles. The predicted octanol–water partition coefficient (Wildman–Crippen LogP) is 1.89. The molecule has 1 unspecified atom stereocenters. The molecule has 4 nitrogen and oxygen atoms in total. The van der Waals surface area contributed by atoms with Crippen LogP contribution in [0.4, 0.5) is 0 Å². The van der Waals surface area contributed by atoms with E-state index >= 15 is 0 Å². The zero-order chi connectivity index (χ0) is 13.1. The molecule has 0 bridgehead atoms. The number of halogens is 1. The molecule has 1 atom stereocenters. The fourth-order valence-electron chi connectivity index (χ4n) is 2.01. The van der Waals surface area contributed by atoms with Crippen molar-refractivity contribution in [3.05, 3.63) is 21.3 Å². The fourth-order valence-corrected chi connectivity index (χ4v) is 3.11. The first-order chi connectivity index (χ1) is 8.60. The SMILES string of the molecule is CCN(Cc1ccc(Cl)s1)C(=O)C1CNC(=O)C1. The summed E-state index contributed by atoms with van der Waals surface area (Å²) in [4.78, 5) is 26.2. The van der Waals surface area contributed by atoms with Crippen LogP contribution in [0, 0.1) is 5.92 Å². The molecule has 2 amide bonds. The Bertz CT molecular complexity index is 461. The topological polar surface area (TPSA) is 49.4 Å². The average molecular weight is 287 g/mol. The molecule has 18 heavy (non-hydrogen) atoms. The monoisotopic (exact) mass is 286 g/mol. The van der Waals surface area contributed by atoms with E-state index in [1.165, 1.54) is 11.3 Å². The largest absolute Gasteiger partial charge is 0.355 e. The second-order valence-electron chi connectivity index (χ2n) is 4.26. The van der Waals surface area contributed by atoms with Gasteiger partial charge in [-0.15, -0.1) is 11.3 Å². The Morgan fingerprint density at radius 1 is 1.61 bits per heavy atom. The van der Waals surface area contributed by atoms with Gasteiger partial charge in [-0.05, 0) is 19.1 Å². The highest BCUT2D eigenvalue weighted by molar-refractivity contribution is 7.16. The number of hydrogen-bond acceptors (Lipinski definition) is 3.